The maximum absolute atomic E-state index is 14.0. The van der Waals surface area contributed by atoms with E-state index < -0.39 is 11.1 Å². The van der Waals surface area contributed by atoms with Crippen LogP contribution in [0.4, 0.5) is 8.78 Å². The van der Waals surface area contributed by atoms with Gasteiger partial charge < -0.3 is 14.5 Å². The smallest absolute Gasteiger partial charge is 0.270 e. The highest BCUT2D eigenvalue weighted by molar-refractivity contribution is 6.37. The second-order valence-corrected chi connectivity index (χ2v) is 10.0. The van der Waals surface area contributed by atoms with Crippen LogP contribution in [-0.2, 0) is 19.4 Å². The van der Waals surface area contributed by atoms with Crippen molar-refractivity contribution in [3.63, 3.8) is 0 Å². The van der Waals surface area contributed by atoms with Crippen LogP contribution in [0.2, 0.25) is 10.0 Å². The maximum atomic E-state index is 14.0. The molecule has 0 radical (unpaired) electrons. The van der Waals surface area contributed by atoms with Gasteiger partial charge in [-0.1, -0.05) is 23.2 Å². The zero-order valence-electron chi connectivity index (χ0n) is 19.3. The number of aromatic nitrogens is 1. The number of benzene rings is 2. The second kappa shape index (κ2) is 9.63. The van der Waals surface area contributed by atoms with Crippen LogP contribution in [0, 0.1) is 12.1 Å². The molecular formula is C25H28Cl2F2N2O3. The number of hydroxylamine groups is 2. The highest BCUT2D eigenvalue weighted by Gasteiger charge is 2.28. The fourth-order valence-electron chi connectivity index (χ4n) is 4.70. The van der Waals surface area contributed by atoms with Crippen LogP contribution >= 0.6 is 23.2 Å². The number of alkyl halides is 2. The molecule has 1 fully saturated rings. The lowest BCUT2D eigenvalue weighted by Gasteiger charge is -2.32. The summed E-state index contributed by atoms with van der Waals surface area (Å²) in [5.41, 5.74) is 3.07. The molecule has 34 heavy (non-hydrogen) atoms. The van der Waals surface area contributed by atoms with Crippen molar-refractivity contribution in [3.05, 3.63) is 68.0 Å². The van der Waals surface area contributed by atoms with Crippen molar-refractivity contribution in [1.29, 1.82) is 0 Å². The minimum absolute atomic E-state index is 0.0191. The van der Waals surface area contributed by atoms with E-state index in [9.17, 15) is 19.2 Å². The molecule has 1 heterocycles. The van der Waals surface area contributed by atoms with Crippen molar-refractivity contribution >= 4 is 34.1 Å². The number of halogens is 4. The molecule has 1 saturated carbocycles. The molecule has 0 saturated heterocycles. The number of rotatable bonds is 6. The van der Waals surface area contributed by atoms with Crippen molar-refractivity contribution in [1.82, 2.24) is 4.57 Å². The minimum atomic E-state index is -2.93. The van der Waals surface area contributed by atoms with Crippen LogP contribution in [0.1, 0.15) is 55.0 Å². The molecule has 0 bridgehead atoms. The molecule has 0 spiro atoms. The van der Waals surface area contributed by atoms with E-state index in [0.717, 1.165) is 29.1 Å². The summed E-state index contributed by atoms with van der Waals surface area (Å²) < 4.78 is 36.0. The first-order valence-corrected chi connectivity index (χ1v) is 12.0. The number of nitrogens with zero attached hydrogens (tertiary/aromatic N) is 1. The van der Waals surface area contributed by atoms with Gasteiger partial charge in [0.05, 0.1) is 11.1 Å². The van der Waals surface area contributed by atoms with Crippen LogP contribution < -0.4 is 9.96 Å². The molecule has 0 aliphatic heterocycles. The molecule has 2 N–H and O–H groups in total. The van der Waals surface area contributed by atoms with Gasteiger partial charge >= 0.3 is 0 Å². The summed E-state index contributed by atoms with van der Waals surface area (Å²) >= 11 is 13.2. The molecular weight excluding hydrogens is 485 g/mol. The molecule has 2 aromatic carbocycles. The van der Waals surface area contributed by atoms with Gasteiger partial charge in [0.25, 0.3) is 5.92 Å². The summed E-state index contributed by atoms with van der Waals surface area (Å²) in [6.45, 7) is 2.73. The van der Waals surface area contributed by atoms with Gasteiger partial charge in [0.2, 0.25) is 0 Å². The van der Waals surface area contributed by atoms with Gasteiger partial charge in [-0.15, -0.1) is 0 Å². The van der Waals surface area contributed by atoms with Gasteiger partial charge in [0.15, 0.2) is 0 Å². The largest absolute Gasteiger partial charge is 0.600 e. The van der Waals surface area contributed by atoms with Crippen molar-refractivity contribution in [2.24, 2.45) is 7.05 Å². The SMILES string of the molecule is Cc1cc(C(C)(F)F)cc2c1cc(Cc1c(Cl)ccc(OC3CCC([NH+]([O-])O)CC3)c1Cl)n2C. The topological polar surface area (TPSA) is 61.9 Å². The van der Waals surface area contributed by atoms with Gasteiger partial charge in [-0.3, -0.25) is 0 Å². The minimum Gasteiger partial charge on any atom is -0.600 e. The first kappa shape index (κ1) is 25.2. The van der Waals surface area contributed by atoms with Crippen molar-refractivity contribution in [3.8, 4) is 5.75 Å². The third kappa shape index (κ3) is 5.04. The number of fused-ring (bicyclic) bond motifs is 1. The Morgan fingerprint density at radius 2 is 1.85 bits per heavy atom. The number of aryl methyl sites for hydroxylation is 2. The Bertz CT molecular complexity index is 1200. The lowest BCUT2D eigenvalue weighted by atomic mass is 9.93. The Kier molecular flexibility index (Phi) is 7.14. The van der Waals surface area contributed by atoms with Crippen molar-refractivity contribution in [2.45, 2.75) is 64.0 Å². The number of nitrogens with one attached hydrogen (secondary N) is 1. The Morgan fingerprint density at radius 3 is 2.47 bits per heavy atom. The van der Waals surface area contributed by atoms with E-state index in [1.54, 1.807) is 12.1 Å². The average Bonchev–Trinajstić information content (AvgIpc) is 3.09. The molecule has 0 amide bonds. The van der Waals surface area contributed by atoms with Crippen LogP contribution in [0.5, 0.6) is 5.75 Å². The molecule has 1 aliphatic carbocycles. The number of hydrogen-bond acceptors (Lipinski definition) is 3. The zero-order valence-corrected chi connectivity index (χ0v) is 20.8. The Balaban J connectivity index is 1.61. The quantitative estimate of drug-likeness (QED) is 0.400. The standard InChI is InChI=1S/C25H28Cl2F2N2O3/c1-14-10-15(25(2,28)29)11-22-19(14)12-17(30(22)3)13-20-21(26)8-9-23(24(20)27)34-18-6-4-16(5-7-18)31(32)33/h8-12,16,18,31-32H,4-7,13H2,1-3H3. The van der Waals surface area contributed by atoms with E-state index in [4.69, 9.17) is 27.9 Å². The summed E-state index contributed by atoms with van der Waals surface area (Å²) in [6.07, 6.45) is 2.76. The molecule has 1 aromatic heterocycles. The first-order valence-electron chi connectivity index (χ1n) is 11.3. The summed E-state index contributed by atoms with van der Waals surface area (Å²) in [5.74, 6) is -2.41. The van der Waals surface area contributed by atoms with E-state index in [1.807, 2.05) is 24.6 Å². The lowest BCUT2D eigenvalue weighted by Crippen LogP contribution is -3.09. The second-order valence-electron chi connectivity index (χ2n) is 9.25. The lowest BCUT2D eigenvalue weighted by molar-refractivity contribution is -1.07. The van der Waals surface area contributed by atoms with Crippen LogP contribution in [-0.4, -0.2) is 21.9 Å². The Labute approximate surface area is 207 Å². The molecule has 1 atom stereocenters. The van der Waals surface area contributed by atoms with Crippen LogP contribution in [0.15, 0.2) is 30.3 Å². The highest BCUT2D eigenvalue weighted by Crippen LogP contribution is 2.38. The fourth-order valence-corrected chi connectivity index (χ4v) is 5.25. The predicted octanol–water partition coefficient (Wildman–Crippen LogP) is 5.96. The van der Waals surface area contributed by atoms with Gasteiger partial charge in [-0.25, -0.2) is 19.2 Å². The average molecular weight is 513 g/mol. The Hall–Kier alpha value is -1.90. The summed E-state index contributed by atoms with van der Waals surface area (Å²) in [6, 6.07) is 8.19. The molecule has 4 rings (SSSR count). The first-order chi connectivity index (χ1) is 16.0. The molecule has 9 heteroatoms. The fraction of sp³-hybridized carbons (Fsp3) is 0.440. The predicted molar refractivity (Wildman–Crippen MR) is 129 cm³/mol. The van der Waals surface area contributed by atoms with E-state index in [0.29, 0.717) is 53.5 Å². The highest BCUT2D eigenvalue weighted by atomic mass is 35.5. The van der Waals surface area contributed by atoms with E-state index in [-0.39, 0.29) is 17.7 Å². The van der Waals surface area contributed by atoms with Crippen molar-refractivity contribution < 1.29 is 24.0 Å². The third-order valence-electron chi connectivity index (χ3n) is 6.80. The van der Waals surface area contributed by atoms with Gasteiger partial charge in [0.1, 0.15) is 11.8 Å². The van der Waals surface area contributed by atoms with Gasteiger partial charge in [-0.05, 0) is 61.2 Å². The van der Waals surface area contributed by atoms with E-state index in [1.165, 1.54) is 12.1 Å². The monoisotopic (exact) mass is 512 g/mol. The van der Waals surface area contributed by atoms with E-state index >= 15 is 0 Å². The molecule has 1 unspecified atom stereocenters. The number of ether oxygens (including phenoxy) is 1. The summed E-state index contributed by atoms with van der Waals surface area (Å²) in [5, 5.41) is 21.4. The van der Waals surface area contributed by atoms with Crippen molar-refractivity contribution in [2.75, 3.05) is 0 Å². The molecule has 5 nitrogen and oxygen atoms in total. The summed E-state index contributed by atoms with van der Waals surface area (Å²) in [4.78, 5) is 0. The van der Waals surface area contributed by atoms with Gasteiger partial charge in [-0.2, -0.15) is 0 Å². The van der Waals surface area contributed by atoms with Crippen LogP contribution in [0.3, 0.4) is 0 Å². The number of hydrogen-bond donors (Lipinski definition) is 2. The Morgan fingerprint density at radius 1 is 1.18 bits per heavy atom. The third-order valence-corrected chi connectivity index (χ3v) is 7.57. The summed E-state index contributed by atoms with van der Waals surface area (Å²) in [7, 11) is 1.84. The van der Waals surface area contributed by atoms with Crippen LogP contribution in [0.25, 0.3) is 10.9 Å². The normalized spacial score (nSPS) is 20.0. The zero-order chi connectivity index (χ0) is 24.8. The van der Waals surface area contributed by atoms with Gasteiger partial charge in [0, 0.05) is 60.4 Å². The number of quaternary nitrogens is 1. The maximum Gasteiger partial charge on any atom is 0.270 e. The van der Waals surface area contributed by atoms with E-state index in [2.05, 4.69) is 0 Å². The molecule has 184 valence electrons. The molecule has 1 aliphatic rings. The molecule has 3 aromatic rings.